The number of aromatic nitrogens is 2. The summed E-state index contributed by atoms with van der Waals surface area (Å²) in [6, 6.07) is 9.11. The third-order valence-corrected chi connectivity index (χ3v) is 4.83. The minimum Gasteiger partial charge on any atom is -0.308 e. The van der Waals surface area contributed by atoms with Gasteiger partial charge in [0.2, 0.25) is 0 Å². The van der Waals surface area contributed by atoms with Gasteiger partial charge in [0.05, 0.1) is 11.2 Å². The molecule has 1 aromatic heterocycles. The molecule has 3 atom stereocenters. The van der Waals surface area contributed by atoms with Gasteiger partial charge in [0.15, 0.2) is 0 Å². The van der Waals surface area contributed by atoms with Gasteiger partial charge in [-0.1, -0.05) is 32.0 Å². The van der Waals surface area contributed by atoms with Crippen LogP contribution < -0.4 is 5.32 Å². The normalized spacial score (nSPS) is 27.2. The lowest BCUT2D eigenvalue weighted by Crippen LogP contribution is -2.32. The molecule has 0 radical (unpaired) electrons. The first-order chi connectivity index (χ1) is 9.16. The van der Waals surface area contributed by atoms with Crippen LogP contribution in [0.3, 0.4) is 0 Å². The molecule has 1 aromatic carbocycles. The van der Waals surface area contributed by atoms with E-state index in [0.717, 1.165) is 18.4 Å². The van der Waals surface area contributed by atoms with Crippen LogP contribution in [0, 0.1) is 11.8 Å². The summed E-state index contributed by atoms with van der Waals surface area (Å²) in [4.78, 5) is 0. The van der Waals surface area contributed by atoms with Crippen LogP contribution in [-0.4, -0.2) is 15.8 Å². The number of nitrogens with zero attached hydrogens (tertiary/aromatic N) is 2. The van der Waals surface area contributed by atoms with Gasteiger partial charge in [-0.25, -0.2) is 0 Å². The summed E-state index contributed by atoms with van der Waals surface area (Å²) in [6.45, 7) is 5.61. The molecule has 3 nitrogen and oxygen atoms in total. The summed E-state index contributed by atoms with van der Waals surface area (Å²) in [6.07, 6.45) is 2.65. The zero-order chi connectivity index (χ0) is 13.4. The number of aryl methyl sites for hydroxylation is 1. The fraction of sp³-hybridized carbons (Fsp3) is 0.562. The molecule has 3 unspecified atom stereocenters. The number of fused-ring (bicyclic) bond motifs is 1. The van der Waals surface area contributed by atoms with Crippen molar-refractivity contribution in [2.75, 3.05) is 0 Å². The number of hydrogen-bond donors (Lipinski definition) is 1. The van der Waals surface area contributed by atoms with E-state index in [1.54, 1.807) is 0 Å². The molecule has 0 aliphatic heterocycles. The van der Waals surface area contributed by atoms with E-state index in [9.17, 15) is 0 Å². The summed E-state index contributed by atoms with van der Waals surface area (Å²) >= 11 is 0. The second kappa shape index (κ2) is 4.97. The molecular weight excluding hydrogens is 234 g/mol. The van der Waals surface area contributed by atoms with Gasteiger partial charge in [0.1, 0.15) is 0 Å². The van der Waals surface area contributed by atoms with Crippen molar-refractivity contribution in [1.82, 2.24) is 15.1 Å². The molecule has 3 rings (SSSR count). The minimum atomic E-state index is 0.649. The predicted molar refractivity (Wildman–Crippen MR) is 78.9 cm³/mol. The molecule has 0 amide bonds. The van der Waals surface area contributed by atoms with Gasteiger partial charge in [-0.05, 0) is 30.7 Å². The molecule has 2 aromatic rings. The van der Waals surface area contributed by atoms with Crippen LogP contribution in [-0.2, 0) is 13.6 Å². The third-order valence-electron chi connectivity index (χ3n) is 4.83. The average Bonchev–Trinajstić information content (AvgIpc) is 2.91. The van der Waals surface area contributed by atoms with E-state index < -0.39 is 0 Å². The fourth-order valence-corrected chi connectivity index (χ4v) is 3.30. The number of hydrogen-bond acceptors (Lipinski definition) is 2. The van der Waals surface area contributed by atoms with E-state index in [4.69, 9.17) is 0 Å². The van der Waals surface area contributed by atoms with Gasteiger partial charge in [-0.3, -0.25) is 4.68 Å². The van der Waals surface area contributed by atoms with E-state index in [1.165, 1.54) is 29.4 Å². The van der Waals surface area contributed by atoms with E-state index in [0.29, 0.717) is 6.04 Å². The lowest BCUT2D eigenvalue weighted by atomic mass is 9.98. The highest BCUT2D eigenvalue weighted by molar-refractivity contribution is 5.81. The SMILES string of the molecule is CC1CCC(NCc2nn(C)c3ccccc23)C1C. The number of para-hydroxylation sites is 1. The van der Waals surface area contributed by atoms with Crippen molar-refractivity contribution >= 4 is 10.9 Å². The monoisotopic (exact) mass is 257 g/mol. The molecule has 0 spiro atoms. The molecule has 1 fully saturated rings. The zero-order valence-corrected chi connectivity index (χ0v) is 12.1. The molecule has 1 aliphatic rings. The Morgan fingerprint density at radius 3 is 2.79 bits per heavy atom. The van der Waals surface area contributed by atoms with E-state index in [2.05, 4.69) is 48.5 Å². The minimum absolute atomic E-state index is 0.649. The Kier molecular flexibility index (Phi) is 3.31. The molecule has 1 saturated carbocycles. The molecular formula is C16H23N3. The van der Waals surface area contributed by atoms with Crippen molar-refractivity contribution in [1.29, 1.82) is 0 Å². The van der Waals surface area contributed by atoms with Gasteiger partial charge in [0, 0.05) is 25.0 Å². The molecule has 1 aliphatic carbocycles. The summed E-state index contributed by atoms with van der Waals surface area (Å²) in [7, 11) is 2.02. The molecule has 1 N–H and O–H groups in total. The first-order valence-corrected chi connectivity index (χ1v) is 7.31. The summed E-state index contributed by atoms with van der Waals surface area (Å²) in [5.41, 5.74) is 2.39. The lowest BCUT2D eigenvalue weighted by Gasteiger charge is -2.19. The highest BCUT2D eigenvalue weighted by atomic mass is 15.3. The topological polar surface area (TPSA) is 29.9 Å². The predicted octanol–water partition coefficient (Wildman–Crippen LogP) is 3.10. The Morgan fingerprint density at radius 2 is 2.05 bits per heavy atom. The van der Waals surface area contributed by atoms with Gasteiger partial charge in [-0.15, -0.1) is 0 Å². The standard InChI is InChI=1S/C16H23N3/c1-11-8-9-14(12(11)2)17-10-15-13-6-4-5-7-16(13)19(3)18-15/h4-7,11-12,14,17H,8-10H2,1-3H3. The highest BCUT2D eigenvalue weighted by Gasteiger charge is 2.29. The summed E-state index contributed by atoms with van der Waals surface area (Å²) in [5, 5.41) is 9.63. The maximum absolute atomic E-state index is 4.65. The lowest BCUT2D eigenvalue weighted by molar-refractivity contribution is 0.368. The smallest absolute Gasteiger partial charge is 0.0841 e. The Morgan fingerprint density at radius 1 is 1.26 bits per heavy atom. The third kappa shape index (κ3) is 2.27. The van der Waals surface area contributed by atoms with Crippen LogP contribution >= 0.6 is 0 Å². The number of rotatable bonds is 3. The first-order valence-electron chi connectivity index (χ1n) is 7.31. The summed E-state index contributed by atoms with van der Waals surface area (Å²) < 4.78 is 1.98. The Hall–Kier alpha value is -1.35. The van der Waals surface area contributed by atoms with Gasteiger partial charge in [-0.2, -0.15) is 5.10 Å². The second-order valence-corrected chi connectivity index (χ2v) is 5.99. The second-order valence-electron chi connectivity index (χ2n) is 5.99. The van der Waals surface area contributed by atoms with E-state index >= 15 is 0 Å². The first kappa shape index (κ1) is 12.7. The molecule has 0 saturated heterocycles. The van der Waals surface area contributed by atoms with Crippen molar-refractivity contribution < 1.29 is 0 Å². The molecule has 1 heterocycles. The van der Waals surface area contributed by atoms with Gasteiger partial charge < -0.3 is 5.32 Å². The van der Waals surface area contributed by atoms with Crippen molar-refractivity contribution in [3.63, 3.8) is 0 Å². The van der Waals surface area contributed by atoms with Crippen molar-refractivity contribution in [2.45, 2.75) is 39.3 Å². The van der Waals surface area contributed by atoms with Crippen LogP contribution in [0.2, 0.25) is 0 Å². The van der Waals surface area contributed by atoms with Crippen molar-refractivity contribution in [3.8, 4) is 0 Å². The Balaban J connectivity index is 1.76. The van der Waals surface area contributed by atoms with Gasteiger partial charge in [0.25, 0.3) is 0 Å². The highest BCUT2D eigenvalue weighted by Crippen LogP contribution is 2.31. The number of nitrogens with one attached hydrogen (secondary N) is 1. The van der Waals surface area contributed by atoms with Crippen LogP contribution in [0.1, 0.15) is 32.4 Å². The van der Waals surface area contributed by atoms with Crippen molar-refractivity contribution in [3.05, 3.63) is 30.0 Å². The van der Waals surface area contributed by atoms with Gasteiger partial charge >= 0.3 is 0 Å². The summed E-state index contributed by atoms with van der Waals surface area (Å²) in [5.74, 6) is 1.62. The van der Waals surface area contributed by atoms with E-state index in [1.807, 2.05) is 11.7 Å². The largest absolute Gasteiger partial charge is 0.308 e. The van der Waals surface area contributed by atoms with E-state index in [-0.39, 0.29) is 0 Å². The Bertz CT molecular complexity index is 572. The maximum Gasteiger partial charge on any atom is 0.0841 e. The van der Waals surface area contributed by atoms with Crippen LogP contribution in [0.15, 0.2) is 24.3 Å². The quantitative estimate of drug-likeness (QED) is 0.915. The van der Waals surface area contributed by atoms with Crippen LogP contribution in [0.4, 0.5) is 0 Å². The Labute approximate surface area is 115 Å². The molecule has 3 heteroatoms. The number of benzene rings is 1. The van der Waals surface area contributed by atoms with Crippen LogP contribution in [0.25, 0.3) is 10.9 Å². The zero-order valence-electron chi connectivity index (χ0n) is 12.1. The van der Waals surface area contributed by atoms with Crippen molar-refractivity contribution in [2.24, 2.45) is 18.9 Å². The molecule has 19 heavy (non-hydrogen) atoms. The fourth-order valence-electron chi connectivity index (χ4n) is 3.30. The maximum atomic E-state index is 4.65. The molecule has 0 bridgehead atoms. The van der Waals surface area contributed by atoms with Crippen LogP contribution in [0.5, 0.6) is 0 Å². The average molecular weight is 257 g/mol. The molecule has 102 valence electrons.